The smallest absolute Gasteiger partial charge is 0.405 e. The number of hydrogen-bond acceptors (Lipinski definition) is 4. The van der Waals surface area contributed by atoms with Crippen molar-refractivity contribution in [3.63, 3.8) is 0 Å². The molecule has 1 aliphatic carbocycles. The topological polar surface area (TPSA) is 116 Å². The first-order valence-corrected chi connectivity index (χ1v) is 10.3. The number of aliphatic hydroxyl groups is 1. The van der Waals surface area contributed by atoms with Gasteiger partial charge in [-0.25, -0.2) is 4.79 Å². The van der Waals surface area contributed by atoms with Crippen molar-refractivity contribution >= 4 is 17.8 Å². The molecule has 0 bridgehead atoms. The second-order valence-corrected chi connectivity index (χ2v) is 8.24. The van der Waals surface area contributed by atoms with Gasteiger partial charge in [0.25, 0.3) is 5.91 Å². The van der Waals surface area contributed by atoms with E-state index < -0.39 is 34.8 Å². The normalized spacial score (nSPS) is 18.0. The second kappa shape index (κ2) is 9.87. The number of ketones is 1. The van der Waals surface area contributed by atoms with Crippen molar-refractivity contribution in [1.82, 2.24) is 10.6 Å². The van der Waals surface area contributed by atoms with Crippen LogP contribution in [0, 0.1) is 5.41 Å². The minimum Gasteiger partial charge on any atom is -0.465 e. The summed E-state index contributed by atoms with van der Waals surface area (Å²) < 4.78 is 0. The van der Waals surface area contributed by atoms with Crippen molar-refractivity contribution in [2.24, 2.45) is 5.41 Å². The van der Waals surface area contributed by atoms with Gasteiger partial charge in [-0.15, -0.1) is 0 Å². The Labute approximate surface area is 171 Å². The van der Waals surface area contributed by atoms with E-state index in [2.05, 4.69) is 10.6 Å². The lowest BCUT2D eigenvalue weighted by Crippen LogP contribution is -2.61. The molecule has 0 heterocycles. The maximum atomic E-state index is 13.3. The van der Waals surface area contributed by atoms with Gasteiger partial charge in [0.1, 0.15) is 5.54 Å². The monoisotopic (exact) mass is 404 g/mol. The van der Waals surface area contributed by atoms with Gasteiger partial charge in [0.15, 0.2) is 0 Å². The molecule has 1 aliphatic rings. The summed E-state index contributed by atoms with van der Waals surface area (Å²) in [5.41, 5.74) is -1.20. The Hall–Kier alpha value is -2.41. The number of Topliss-reactive ketones (excluding diaryl/α,β-unsaturated/α-hetero) is 1. The fourth-order valence-electron chi connectivity index (χ4n) is 4.14. The minimum atomic E-state index is -1.54. The van der Waals surface area contributed by atoms with Crippen LogP contribution in [0.15, 0.2) is 30.3 Å². The molecule has 160 valence electrons. The van der Waals surface area contributed by atoms with Crippen molar-refractivity contribution in [3.8, 4) is 0 Å². The van der Waals surface area contributed by atoms with Gasteiger partial charge in [0.2, 0.25) is 5.78 Å². The van der Waals surface area contributed by atoms with Crippen molar-refractivity contribution in [1.29, 1.82) is 0 Å². The molecule has 29 heavy (non-hydrogen) atoms. The molecule has 7 heteroatoms. The van der Waals surface area contributed by atoms with Crippen molar-refractivity contribution < 1.29 is 24.6 Å². The molecule has 2 amide bonds. The lowest BCUT2D eigenvalue weighted by Gasteiger charge is -2.46. The van der Waals surface area contributed by atoms with Crippen LogP contribution >= 0.6 is 0 Å². The minimum absolute atomic E-state index is 0.127. The average molecular weight is 405 g/mol. The Bertz CT molecular complexity index is 712. The van der Waals surface area contributed by atoms with Gasteiger partial charge in [-0.1, -0.05) is 56.5 Å². The molecule has 1 aromatic rings. The van der Waals surface area contributed by atoms with Crippen LogP contribution in [-0.4, -0.2) is 40.1 Å². The molecule has 1 fully saturated rings. The summed E-state index contributed by atoms with van der Waals surface area (Å²) in [6, 6.07) is 8.87. The van der Waals surface area contributed by atoms with Gasteiger partial charge >= 0.3 is 6.09 Å². The largest absolute Gasteiger partial charge is 0.465 e. The standard InChI is InChI=1S/C22H32N2O5/c1-3-4-13-22(24-20(28)29,14-21(15-25)11-8-12-21)18(26)19(27)23-16(2)17-9-6-5-7-10-17/h5-7,9-10,16,24-25H,3-4,8,11-15H2,1-2H3,(H,23,27)(H,28,29)/t16-,22?/m1/s1. The fraction of sp³-hybridized carbons (Fsp3) is 0.591. The summed E-state index contributed by atoms with van der Waals surface area (Å²) >= 11 is 0. The van der Waals surface area contributed by atoms with E-state index in [1.165, 1.54) is 0 Å². The molecule has 1 saturated carbocycles. The number of rotatable bonds is 11. The van der Waals surface area contributed by atoms with Gasteiger partial charge in [-0.05, 0) is 43.6 Å². The number of carbonyl (C=O) groups is 3. The van der Waals surface area contributed by atoms with Gasteiger partial charge in [-0.3, -0.25) is 9.59 Å². The predicted octanol–water partition coefficient (Wildman–Crippen LogP) is 3.18. The zero-order chi connectivity index (χ0) is 21.5. The molecular formula is C22H32N2O5. The molecule has 2 atom stereocenters. The number of aliphatic hydroxyl groups excluding tert-OH is 1. The highest BCUT2D eigenvalue weighted by molar-refractivity contribution is 6.40. The molecule has 0 spiro atoms. The lowest BCUT2D eigenvalue weighted by molar-refractivity contribution is -0.144. The average Bonchev–Trinajstić information content (AvgIpc) is 2.68. The maximum absolute atomic E-state index is 13.3. The van der Waals surface area contributed by atoms with E-state index in [1.54, 1.807) is 6.92 Å². The summed E-state index contributed by atoms with van der Waals surface area (Å²) in [5.74, 6) is -1.59. The fourth-order valence-corrected chi connectivity index (χ4v) is 4.14. The van der Waals surface area contributed by atoms with Gasteiger partial charge in [-0.2, -0.15) is 0 Å². The Morgan fingerprint density at radius 1 is 1.21 bits per heavy atom. The molecule has 1 unspecified atom stereocenters. The van der Waals surface area contributed by atoms with E-state index >= 15 is 0 Å². The first-order valence-electron chi connectivity index (χ1n) is 10.3. The van der Waals surface area contributed by atoms with E-state index in [4.69, 9.17) is 0 Å². The maximum Gasteiger partial charge on any atom is 0.405 e. The number of carboxylic acid groups (broad SMARTS) is 1. The summed E-state index contributed by atoms with van der Waals surface area (Å²) in [7, 11) is 0. The predicted molar refractivity (Wildman–Crippen MR) is 109 cm³/mol. The zero-order valence-corrected chi connectivity index (χ0v) is 17.2. The first kappa shape index (κ1) is 22.9. The first-order chi connectivity index (χ1) is 13.8. The molecule has 0 radical (unpaired) electrons. The number of benzene rings is 1. The molecule has 4 N–H and O–H groups in total. The third-order valence-electron chi connectivity index (χ3n) is 6.02. The van der Waals surface area contributed by atoms with Crippen LogP contribution in [0.2, 0.25) is 0 Å². The second-order valence-electron chi connectivity index (χ2n) is 8.24. The van der Waals surface area contributed by atoms with Crippen LogP contribution in [0.1, 0.15) is 70.4 Å². The summed E-state index contributed by atoms with van der Waals surface area (Å²) in [5, 5.41) is 24.4. The Balaban J connectivity index is 2.27. The van der Waals surface area contributed by atoms with Crippen LogP contribution < -0.4 is 10.6 Å². The van der Waals surface area contributed by atoms with Crippen molar-refractivity contribution in [2.75, 3.05) is 6.61 Å². The SMILES string of the molecule is CCCCC(CC1(CO)CCC1)(NC(=O)O)C(=O)C(=O)N[C@H](C)c1ccccc1. The van der Waals surface area contributed by atoms with Gasteiger partial charge in [0, 0.05) is 6.61 Å². The summed E-state index contributed by atoms with van der Waals surface area (Å²) in [4.78, 5) is 37.7. The highest BCUT2D eigenvalue weighted by Gasteiger charge is 2.51. The Morgan fingerprint density at radius 2 is 1.86 bits per heavy atom. The summed E-state index contributed by atoms with van der Waals surface area (Å²) in [6.45, 7) is 3.59. The highest BCUT2D eigenvalue weighted by Crippen LogP contribution is 2.47. The number of nitrogens with one attached hydrogen (secondary N) is 2. The zero-order valence-electron chi connectivity index (χ0n) is 17.2. The lowest BCUT2D eigenvalue weighted by atomic mass is 9.61. The van der Waals surface area contributed by atoms with Gasteiger partial charge in [0.05, 0.1) is 6.04 Å². The van der Waals surface area contributed by atoms with E-state index in [-0.39, 0.29) is 19.4 Å². The van der Waals surface area contributed by atoms with Crippen LogP contribution in [0.25, 0.3) is 0 Å². The van der Waals surface area contributed by atoms with Crippen molar-refractivity contribution in [3.05, 3.63) is 35.9 Å². The van der Waals surface area contributed by atoms with Gasteiger partial charge < -0.3 is 20.8 Å². The van der Waals surface area contributed by atoms with Crippen LogP contribution in [0.5, 0.6) is 0 Å². The number of carbonyl (C=O) groups excluding carboxylic acids is 2. The van der Waals surface area contributed by atoms with Crippen LogP contribution in [0.3, 0.4) is 0 Å². The van der Waals surface area contributed by atoms with E-state index in [0.29, 0.717) is 19.3 Å². The van der Waals surface area contributed by atoms with Crippen LogP contribution in [-0.2, 0) is 9.59 Å². The quantitative estimate of drug-likeness (QED) is 0.423. The van der Waals surface area contributed by atoms with E-state index in [0.717, 1.165) is 18.4 Å². The highest BCUT2D eigenvalue weighted by atomic mass is 16.4. The summed E-state index contributed by atoms with van der Waals surface area (Å²) in [6.07, 6.45) is 2.72. The Kier molecular flexibility index (Phi) is 7.79. The number of unbranched alkanes of at least 4 members (excludes halogenated alkanes) is 1. The number of hydrogen-bond donors (Lipinski definition) is 4. The van der Waals surface area contributed by atoms with E-state index in [1.807, 2.05) is 37.3 Å². The van der Waals surface area contributed by atoms with Crippen molar-refractivity contribution in [2.45, 2.75) is 70.4 Å². The molecule has 1 aromatic carbocycles. The molecular weight excluding hydrogens is 372 g/mol. The van der Waals surface area contributed by atoms with Crippen LogP contribution in [0.4, 0.5) is 4.79 Å². The number of amides is 2. The molecule has 0 aliphatic heterocycles. The van der Waals surface area contributed by atoms with E-state index in [9.17, 15) is 24.6 Å². The third kappa shape index (κ3) is 5.56. The molecule has 0 saturated heterocycles. The molecule has 7 nitrogen and oxygen atoms in total. The molecule has 0 aromatic heterocycles. The Morgan fingerprint density at radius 3 is 2.34 bits per heavy atom. The third-order valence-corrected chi connectivity index (χ3v) is 6.02. The molecule has 2 rings (SSSR count).